The van der Waals surface area contributed by atoms with Crippen molar-refractivity contribution < 1.29 is 9.53 Å². The van der Waals surface area contributed by atoms with Crippen LogP contribution < -0.4 is 9.64 Å². The van der Waals surface area contributed by atoms with Gasteiger partial charge in [0, 0.05) is 15.6 Å². The summed E-state index contributed by atoms with van der Waals surface area (Å²) in [6.07, 6.45) is 1.84. The number of carbonyl (C=O) groups excluding carboxylic acids is 1. The first-order valence-electron chi connectivity index (χ1n) is 9.42. The molecule has 0 unspecified atom stereocenters. The van der Waals surface area contributed by atoms with E-state index in [2.05, 4.69) is 0 Å². The van der Waals surface area contributed by atoms with Crippen LogP contribution in [0.2, 0.25) is 10.0 Å². The van der Waals surface area contributed by atoms with E-state index < -0.39 is 0 Å². The average molecular weight is 486 g/mol. The molecule has 1 heterocycles. The molecule has 31 heavy (non-hydrogen) atoms. The predicted molar refractivity (Wildman–Crippen MR) is 134 cm³/mol. The van der Waals surface area contributed by atoms with E-state index >= 15 is 0 Å². The van der Waals surface area contributed by atoms with E-state index in [0.717, 1.165) is 22.4 Å². The monoisotopic (exact) mass is 485 g/mol. The minimum Gasteiger partial charge on any atom is -0.489 e. The van der Waals surface area contributed by atoms with Crippen molar-refractivity contribution in [2.45, 2.75) is 13.5 Å². The zero-order chi connectivity index (χ0) is 22.0. The van der Waals surface area contributed by atoms with Gasteiger partial charge in [0.25, 0.3) is 5.91 Å². The fourth-order valence-corrected chi connectivity index (χ4v) is 4.76. The molecule has 1 saturated heterocycles. The molecule has 0 saturated carbocycles. The third-order valence-electron chi connectivity index (χ3n) is 4.67. The van der Waals surface area contributed by atoms with Crippen LogP contribution in [0.4, 0.5) is 5.69 Å². The Kier molecular flexibility index (Phi) is 6.68. The summed E-state index contributed by atoms with van der Waals surface area (Å²) in [6.45, 7) is 2.34. The fraction of sp³-hybridized carbons (Fsp3) is 0.0833. The molecule has 0 aliphatic carbocycles. The summed E-state index contributed by atoms with van der Waals surface area (Å²) in [7, 11) is 0. The maximum absolute atomic E-state index is 12.9. The number of thioether (sulfide) groups is 1. The number of thiocarbonyl (C=S) groups is 1. The number of rotatable bonds is 5. The third-order valence-corrected chi connectivity index (χ3v) is 6.56. The lowest BCUT2D eigenvalue weighted by Gasteiger charge is -2.14. The molecule has 156 valence electrons. The summed E-state index contributed by atoms with van der Waals surface area (Å²) in [5.41, 5.74) is 3.66. The zero-order valence-corrected chi connectivity index (χ0v) is 19.6. The third kappa shape index (κ3) is 5.13. The molecule has 7 heteroatoms. The molecule has 0 aromatic heterocycles. The van der Waals surface area contributed by atoms with Crippen LogP contribution in [0.1, 0.15) is 16.7 Å². The second kappa shape index (κ2) is 9.45. The molecule has 4 rings (SSSR count). The SMILES string of the molecule is Cc1ccc(N2C(=O)/C(=C\c3ccc(OCc4ccc(Cl)cc4Cl)cc3)SC2=S)cc1. The minimum atomic E-state index is -0.114. The molecular weight excluding hydrogens is 469 g/mol. The largest absolute Gasteiger partial charge is 0.489 e. The molecule has 1 fully saturated rings. The Morgan fingerprint density at radius 3 is 2.42 bits per heavy atom. The zero-order valence-electron chi connectivity index (χ0n) is 16.5. The molecular formula is C24H17Cl2NO2S2. The molecule has 0 N–H and O–H groups in total. The van der Waals surface area contributed by atoms with E-state index in [0.29, 0.717) is 31.6 Å². The number of ether oxygens (including phenoxy) is 1. The lowest BCUT2D eigenvalue weighted by Crippen LogP contribution is -2.27. The number of aryl methyl sites for hydroxylation is 1. The van der Waals surface area contributed by atoms with Gasteiger partial charge in [0.2, 0.25) is 0 Å². The van der Waals surface area contributed by atoms with Crippen LogP contribution in [-0.2, 0) is 11.4 Å². The lowest BCUT2D eigenvalue weighted by atomic mass is 10.2. The Morgan fingerprint density at radius 1 is 1.03 bits per heavy atom. The summed E-state index contributed by atoms with van der Waals surface area (Å²) >= 11 is 18.8. The topological polar surface area (TPSA) is 29.5 Å². The Hall–Kier alpha value is -2.31. The highest BCUT2D eigenvalue weighted by Crippen LogP contribution is 2.36. The average Bonchev–Trinajstić information content (AvgIpc) is 3.02. The molecule has 0 atom stereocenters. The second-order valence-corrected chi connectivity index (χ2v) is 9.47. The standard InChI is InChI=1S/C24H17Cl2NO2S2/c1-15-2-8-19(9-3-15)27-23(28)22(31-24(27)30)12-16-4-10-20(11-5-16)29-14-17-6-7-18(25)13-21(17)26/h2-13H,14H2,1H3/b22-12+. The molecule has 3 aromatic carbocycles. The minimum absolute atomic E-state index is 0.114. The number of anilines is 1. The van der Waals surface area contributed by atoms with E-state index in [9.17, 15) is 4.79 Å². The number of benzene rings is 3. The van der Waals surface area contributed by atoms with Crippen LogP contribution in [0.5, 0.6) is 5.75 Å². The number of halogens is 2. The van der Waals surface area contributed by atoms with Crippen LogP contribution in [-0.4, -0.2) is 10.2 Å². The normalized spacial score (nSPS) is 15.1. The predicted octanol–water partition coefficient (Wildman–Crippen LogP) is 7.29. The van der Waals surface area contributed by atoms with E-state index in [1.54, 1.807) is 17.0 Å². The van der Waals surface area contributed by atoms with Crippen molar-refractivity contribution in [3.63, 3.8) is 0 Å². The van der Waals surface area contributed by atoms with E-state index in [1.165, 1.54) is 11.8 Å². The molecule has 3 aromatic rings. The van der Waals surface area contributed by atoms with Gasteiger partial charge in [0.1, 0.15) is 12.4 Å². The van der Waals surface area contributed by atoms with Gasteiger partial charge in [-0.15, -0.1) is 0 Å². The van der Waals surface area contributed by atoms with Gasteiger partial charge in [-0.05, 0) is 55.0 Å². The maximum atomic E-state index is 12.9. The number of nitrogens with zero attached hydrogens (tertiary/aromatic N) is 1. The molecule has 0 radical (unpaired) electrons. The maximum Gasteiger partial charge on any atom is 0.270 e. The quantitative estimate of drug-likeness (QED) is 0.280. The molecule has 1 aliphatic heterocycles. The summed E-state index contributed by atoms with van der Waals surface area (Å²) < 4.78 is 6.34. The summed E-state index contributed by atoms with van der Waals surface area (Å²) in [4.78, 5) is 15.0. The number of hydrogen-bond donors (Lipinski definition) is 0. The smallest absolute Gasteiger partial charge is 0.270 e. The molecule has 3 nitrogen and oxygen atoms in total. The first-order chi connectivity index (χ1) is 14.9. The number of hydrogen-bond acceptors (Lipinski definition) is 4. The molecule has 1 amide bonds. The van der Waals surface area contributed by atoms with Gasteiger partial charge < -0.3 is 4.74 Å². The number of carbonyl (C=O) groups is 1. The summed E-state index contributed by atoms with van der Waals surface area (Å²) in [6, 6.07) is 20.6. The first-order valence-corrected chi connectivity index (χ1v) is 11.4. The van der Waals surface area contributed by atoms with Gasteiger partial charge in [-0.3, -0.25) is 9.69 Å². The highest BCUT2D eigenvalue weighted by Gasteiger charge is 2.33. The Morgan fingerprint density at radius 2 is 1.74 bits per heavy atom. The number of amides is 1. The highest BCUT2D eigenvalue weighted by molar-refractivity contribution is 8.27. The summed E-state index contributed by atoms with van der Waals surface area (Å²) in [5.74, 6) is 0.590. The fourth-order valence-electron chi connectivity index (χ4n) is 3.00. The Balaban J connectivity index is 1.45. The van der Waals surface area contributed by atoms with Crippen molar-refractivity contribution >= 4 is 69.2 Å². The second-order valence-electron chi connectivity index (χ2n) is 6.95. The van der Waals surface area contributed by atoms with Crippen LogP contribution in [0.3, 0.4) is 0 Å². The molecule has 0 spiro atoms. The van der Waals surface area contributed by atoms with Crippen molar-refractivity contribution in [3.05, 3.63) is 98.4 Å². The van der Waals surface area contributed by atoms with Crippen LogP contribution in [0.25, 0.3) is 6.08 Å². The van der Waals surface area contributed by atoms with Crippen LogP contribution in [0.15, 0.2) is 71.6 Å². The summed E-state index contributed by atoms with van der Waals surface area (Å²) in [5, 5.41) is 1.16. The van der Waals surface area contributed by atoms with Gasteiger partial charge in [-0.25, -0.2) is 0 Å². The Labute approximate surface area is 200 Å². The van der Waals surface area contributed by atoms with Crippen molar-refractivity contribution in [3.8, 4) is 5.75 Å². The van der Waals surface area contributed by atoms with Crippen LogP contribution >= 0.6 is 47.2 Å². The highest BCUT2D eigenvalue weighted by atomic mass is 35.5. The van der Waals surface area contributed by atoms with Gasteiger partial charge in [0.15, 0.2) is 4.32 Å². The first kappa shape index (κ1) is 21.9. The van der Waals surface area contributed by atoms with E-state index in [-0.39, 0.29) is 5.91 Å². The van der Waals surface area contributed by atoms with Crippen molar-refractivity contribution in [2.24, 2.45) is 0 Å². The van der Waals surface area contributed by atoms with Gasteiger partial charge in [0.05, 0.1) is 10.6 Å². The van der Waals surface area contributed by atoms with Gasteiger partial charge in [-0.2, -0.15) is 0 Å². The van der Waals surface area contributed by atoms with Crippen molar-refractivity contribution in [1.82, 2.24) is 0 Å². The van der Waals surface area contributed by atoms with E-state index in [4.69, 9.17) is 40.2 Å². The molecule has 0 bridgehead atoms. The van der Waals surface area contributed by atoms with E-state index in [1.807, 2.05) is 67.6 Å². The van der Waals surface area contributed by atoms with Crippen molar-refractivity contribution in [2.75, 3.05) is 4.90 Å². The molecule has 1 aliphatic rings. The van der Waals surface area contributed by atoms with Crippen molar-refractivity contribution in [1.29, 1.82) is 0 Å². The lowest BCUT2D eigenvalue weighted by molar-refractivity contribution is -0.113. The van der Waals surface area contributed by atoms with Crippen LogP contribution in [0, 0.1) is 6.92 Å². The van der Waals surface area contributed by atoms with Gasteiger partial charge >= 0.3 is 0 Å². The Bertz CT molecular complexity index is 1180. The van der Waals surface area contributed by atoms with Gasteiger partial charge in [-0.1, -0.05) is 83.1 Å².